The van der Waals surface area contributed by atoms with Crippen molar-refractivity contribution in [2.45, 2.75) is 32.9 Å². The van der Waals surface area contributed by atoms with Gasteiger partial charge in [-0.2, -0.15) is 11.3 Å². The Morgan fingerprint density at radius 3 is 2.88 bits per heavy atom. The molecule has 0 saturated carbocycles. The van der Waals surface area contributed by atoms with Crippen LogP contribution in [0.1, 0.15) is 25.8 Å². The minimum atomic E-state index is -0.135. The topological polar surface area (TPSA) is 38.3 Å². The second kappa shape index (κ2) is 6.66. The highest BCUT2D eigenvalue weighted by atomic mass is 32.1. The summed E-state index contributed by atoms with van der Waals surface area (Å²) in [7, 11) is 1.43. The van der Waals surface area contributed by atoms with Crippen LogP contribution in [0, 0.1) is 5.92 Å². The van der Waals surface area contributed by atoms with Crippen molar-refractivity contribution in [2.24, 2.45) is 5.92 Å². The zero-order valence-electron chi connectivity index (χ0n) is 10.0. The Kier molecular flexibility index (Phi) is 5.49. The zero-order chi connectivity index (χ0) is 12.0. The molecule has 16 heavy (non-hydrogen) atoms. The standard InChI is InChI=1S/C12H19NO2S/c1-9(12(14)15-3)6-10(2)13-7-11-4-5-16-8-11/h4-5,8-10,13H,6-7H2,1-3H3. The lowest BCUT2D eigenvalue weighted by molar-refractivity contribution is -0.145. The van der Waals surface area contributed by atoms with Crippen molar-refractivity contribution in [3.05, 3.63) is 22.4 Å². The van der Waals surface area contributed by atoms with Gasteiger partial charge in [-0.1, -0.05) is 6.92 Å². The number of carbonyl (C=O) groups is 1. The number of hydrogen-bond donors (Lipinski definition) is 1. The molecule has 0 aliphatic heterocycles. The van der Waals surface area contributed by atoms with Crippen LogP contribution in [0.3, 0.4) is 0 Å². The number of methoxy groups -OCH3 is 1. The molecular formula is C12H19NO2S. The highest BCUT2D eigenvalue weighted by Gasteiger charge is 2.16. The summed E-state index contributed by atoms with van der Waals surface area (Å²) in [5.74, 6) is -0.181. The van der Waals surface area contributed by atoms with E-state index in [-0.39, 0.29) is 11.9 Å². The van der Waals surface area contributed by atoms with Gasteiger partial charge < -0.3 is 10.1 Å². The van der Waals surface area contributed by atoms with E-state index < -0.39 is 0 Å². The lowest BCUT2D eigenvalue weighted by Crippen LogP contribution is -2.29. The minimum absolute atomic E-state index is 0.0463. The molecule has 0 aliphatic carbocycles. The fourth-order valence-electron chi connectivity index (χ4n) is 1.60. The van der Waals surface area contributed by atoms with Gasteiger partial charge >= 0.3 is 5.97 Å². The Morgan fingerprint density at radius 2 is 2.31 bits per heavy atom. The first kappa shape index (κ1) is 13.2. The molecule has 0 aliphatic rings. The van der Waals surface area contributed by atoms with Crippen molar-refractivity contribution < 1.29 is 9.53 Å². The number of thiophene rings is 1. The van der Waals surface area contributed by atoms with Gasteiger partial charge in [0.15, 0.2) is 0 Å². The summed E-state index contributed by atoms with van der Waals surface area (Å²) in [5, 5.41) is 7.59. The molecule has 0 radical (unpaired) electrons. The Bertz CT molecular complexity index is 311. The average molecular weight is 241 g/mol. The van der Waals surface area contributed by atoms with Crippen LogP contribution in [0.5, 0.6) is 0 Å². The fraction of sp³-hybridized carbons (Fsp3) is 0.583. The van der Waals surface area contributed by atoms with Gasteiger partial charge in [0, 0.05) is 12.6 Å². The molecule has 0 fully saturated rings. The smallest absolute Gasteiger partial charge is 0.308 e. The van der Waals surface area contributed by atoms with E-state index in [2.05, 4.69) is 29.1 Å². The van der Waals surface area contributed by atoms with Crippen LogP contribution in [0.4, 0.5) is 0 Å². The maximum Gasteiger partial charge on any atom is 0.308 e. The van der Waals surface area contributed by atoms with Crippen molar-refractivity contribution in [2.75, 3.05) is 7.11 Å². The zero-order valence-corrected chi connectivity index (χ0v) is 10.8. The molecule has 2 atom stereocenters. The average Bonchev–Trinajstić information content (AvgIpc) is 2.78. The van der Waals surface area contributed by atoms with E-state index in [0.717, 1.165) is 13.0 Å². The predicted molar refractivity (Wildman–Crippen MR) is 66.4 cm³/mol. The third-order valence-electron chi connectivity index (χ3n) is 2.55. The first-order valence-corrected chi connectivity index (χ1v) is 6.40. The molecule has 1 rings (SSSR count). The largest absolute Gasteiger partial charge is 0.469 e. The van der Waals surface area contributed by atoms with Crippen LogP contribution in [0.15, 0.2) is 16.8 Å². The highest BCUT2D eigenvalue weighted by Crippen LogP contribution is 2.10. The number of esters is 1. The number of ether oxygens (including phenoxy) is 1. The number of rotatable bonds is 6. The minimum Gasteiger partial charge on any atom is -0.469 e. The molecule has 0 amide bonds. The second-order valence-corrected chi connectivity index (χ2v) is 4.85. The lowest BCUT2D eigenvalue weighted by atomic mass is 10.0. The number of nitrogens with one attached hydrogen (secondary N) is 1. The van der Waals surface area contributed by atoms with Gasteiger partial charge in [0.05, 0.1) is 13.0 Å². The van der Waals surface area contributed by atoms with E-state index in [0.29, 0.717) is 6.04 Å². The summed E-state index contributed by atoms with van der Waals surface area (Å²) in [6.07, 6.45) is 0.802. The van der Waals surface area contributed by atoms with Gasteiger partial charge in [0.25, 0.3) is 0 Å². The van der Waals surface area contributed by atoms with E-state index in [9.17, 15) is 4.79 Å². The SMILES string of the molecule is COC(=O)C(C)CC(C)NCc1ccsc1. The first-order valence-electron chi connectivity index (χ1n) is 5.45. The summed E-state index contributed by atoms with van der Waals surface area (Å²) in [5.41, 5.74) is 1.29. The Hall–Kier alpha value is -0.870. The van der Waals surface area contributed by atoms with Crippen LogP contribution < -0.4 is 5.32 Å². The summed E-state index contributed by atoms with van der Waals surface area (Å²) >= 11 is 1.70. The molecule has 0 saturated heterocycles. The quantitative estimate of drug-likeness (QED) is 0.777. The molecular weight excluding hydrogens is 222 g/mol. The molecule has 0 aromatic carbocycles. The van der Waals surface area contributed by atoms with Gasteiger partial charge in [-0.3, -0.25) is 4.79 Å². The van der Waals surface area contributed by atoms with E-state index in [1.54, 1.807) is 11.3 Å². The molecule has 90 valence electrons. The van der Waals surface area contributed by atoms with Crippen molar-refractivity contribution >= 4 is 17.3 Å². The molecule has 1 aromatic rings. The lowest BCUT2D eigenvalue weighted by Gasteiger charge is -2.16. The fourth-order valence-corrected chi connectivity index (χ4v) is 2.27. The maximum atomic E-state index is 11.2. The van der Waals surface area contributed by atoms with Gasteiger partial charge in [-0.05, 0) is 35.7 Å². The van der Waals surface area contributed by atoms with E-state index in [1.807, 2.05) is 6.92 Å². The Morgan fingerprint density at radius 1 is 1.56 bits per heavy atom. The van der Waals surface area contributed by atoms with E-state index in [4.69, 9.17) is 4.74 Å². The second-order valence-electron chi connectivity index (χ2n) is 4.07. The summed E-state index contributed by atoms with van der Waals surface area (Å²) < 4.78 is 4.70. The van der Waals surface area contributed by atoms with Crippen molar-refractivity contribution in [1.82, 2.24) is 5.32 Å². The monoisotopic (exact) mass is 241 g/mol. The van der Waals surface area contributed by atoms with Crippen molar-refractivity contribution in [1.29, 1.82) is 0 Å². The maximum absolute atomic E-state index is 11.2. The Labute approximate surface area is 101 Å². The Balaban J connectivity index is 2.25. The van der Waals surface area contributed by atoms with Crippen LogP contribution >= 0.6 is 11.3 Å². The summed E-state index contributed by atoms with van der Waals surface area (Å²) in [6.45, 7) is 4.85. The van der Waals surface area contributed by atoms with Crippen LogP contribution in [0.2, 0.25) is 0 Å². The van der Waals surface area contributed by atoms with Crippen LogP contribution in [-0.4, -0.2) is 19.1 Å². The van der Waals surface area contributed by atoms with E-state index >= 15 is 0 Å². The highest BCUT2D eigenvalue weighted by molar-refractivity contribution is 7.07. The summed E-state index contributed by atoms with van der Waals surface area (Å²) in [4.78, 5) is 11.2. The number of carbonyl (C=O) groups excluding carboxylic acids is 1. The van der Waals surface area contributed by atoms with Crippen LogP contribution in [-0.2, 0) is 16.1 Å². The first-order chi connectivity index (χ1) is 7.63. The number of hydrogen-bond acceptors (Lipinski definition) is 4. The molecule has 0 bridgehead atoms. The third-order valence-corrected chi connectivity index (χ3v) is 3.28. The molecule has 4 heteroatoms. The van der Waals surface area contributed by atoms with Crippen LogP contribution in [0.25, 0.3) is 0 Å². The molecule has 3 nitrogen and oxygen atoms in total. The normalized spacial score (nSPS) is 14.4. The van der Waals surface area contributed by atoms with Gasteiger partial charge in [-0.15, -0.1) is 0 Å². The van der Waals surface area contributed by atoms with Gasteiger partial charge in [0.1, 0.15) is 0 Å². The molecule has 1 N–H and O–H groups in total. The summed E-state index contributed by atoms with van der Waals surface area (Å²) in [6, 6.07) is 2.42. The van der Waals surface area contributed by atoms with Crippen molar-refractivity contribution in [3.8, 4) is 0 Å². The molecule has 0 spiro atoms. The van der Waals surface area contributed by atoms with Gasteiger partial charge in [0.2, 0.25) is 0 Å². The molecule has 1 heterocycles. The van der Waals surface area contributed by atoms with E-state index in [1.165, 1.54) is 12.7 Å². The predicted octanol–water partition coefficient (Wildman–Crippen LogP) is 2.43. The molecule has 2 unspecified atom stereocenters. The third kappa shape index (κ3) is 4.33. The van der Waals surface area contributed by atoms with Gasteiger partial charge in [-0.25, -0.2) is 0 Å². The van der Waals surface area contributed by atoms with Crippen molar-refractivity contribution in [3.63, 3.8) is 0 Å². The molecule has 1 aromatic heterocycles.